The second-order valence-corrected chi connectivity index (χ2v) is 3.12. The molecule has 0 spiro atoms. The van der Waals surface area contributed by atoms with E-state index in [4.69, 9.17) is 16.3 Å². The Morgan fingerprint density at radius 2 is 2.00 bits per heavy atom. The minimum absolute atomic E-state index is 0.378. The van der Waals surface area contributed by atoms with Crippen molar-refractivity contribution in [2.24, 2.45) is 0 Å². The number of para-hydroxylation sites is 1. The molecule has 0 aliphatic carbocycles. The number of alkyl halides is 1. The van der Waals surface area contributed by atoms with Gasteiger partial charge in [-0.1, -0.05) is 24.8 Å². The summed E-state index contributed by atoms with van der Waals surface area (Å²) in [4.78, 5) is 11.3. The predicted octanol–water partition coefficient (Wildman–Crippen LogP) is 2.78. The molecule has 1 rings (SSSR count). The number of ether oxygens (including phenoxy) is 1. The fraction of sp³-hybridized carbons (Fsp3) is 0.182. The Labute approximate surface area is 88.1 Å². The molecule has 2 nitrogen and oxygen atoms in total. The van der Waals surface area contributed by atoms with Crippen molar-refractivity contribution in [3.05, 3.63) is 42.5 Å². The maximum atomic E-state index is 11.3. The summed E-state index contributed by atoms with van der Waals surface area (Å²) in [6, 6.07) is 8.88. The lowest BCUT2D eigenvalue weighted by atomic mass is 10.2. The van der Waals surface area contributed by atoms with E-state index in [0.29, 0.717) is 23.6 Å². The van der Waals surface area contributed by atoms with E-state index in [9.17, 15) is 4.79 Å². The van der Waals surface area contributed by atoms with Crippen LogP contribution in [0.4, 0.5) is 0 Å². The highest BCUT2D eigenvalue weighted by molar-refractivity contribution is 6.18. The third kappa shape index (κ3) is 3.23. The lowest BCUT2D eigenvalue weighted by molar-refractivity contribution is -0.130. The average Bonchev–Trinajstić information content (AvgIpc) is 2.19. The first-order chi connectivity index (χ1) is 6.74. The first-order valence-electron chi connectivity index (χ1n) is 4.25. The molecule has 0 fully saturated rings. The normalized spacial score (nSPS) is 9.50. The molecule has 0 unspecified atom stereocenters. The quantitative estimate of drug-likeness (QED) is 0.331. The highest BCUT2D eigenvalue weighted by atomic mass is 35.5. The fourth-order valence-electron chi connectivity index (χ4n) is 0.884. The van der Waals surface area contributed by atoms with E-state index in [-0.39, 0.29) is 0 Å². The third-order valence-electron chi connectivity index (χ3n) is 1.64. The molecule has 0 radical (unpaired) electrons. The number of esters is 1. The average molecular weight is 211 g/mol. The number of hydrogen-bond acceptors (Lipinski definition) is 2. The summed E-state index contributed by atoms with van der Waals surface area (Å²) in [5, 5.41) is 0. The molecule has 0 N–H and O–H groups in total. The summed E-state index contributed by atoms with van der Waals surface area (Å²) in [7, 11) is 0. The van der Waals surface area contributed by atoms with E-state index >= 15 is 0 Å². The van der Waals surface area contributed by atoms with Crippen molar-refractivity contribution < 1.29 is 9.53 Å². The predicted molar refractivity (Wildman–Crippen MR) is 56.6 cm³/mol. The molecule has 0 saturated heterocycles. The van der Waals surface area contributed by atoms with Crippen LogP contribution in [0.3, 0.4) is 0 Å². The molecule has 0 aromatic heterocycles. The molecule has 74 valence electrons. The minimum atomic E-state index is -0.420. The summed E-state index contributed by atoms with van der Waals surface area (Å²) >= 11 is 5.47. The van der Waals surface area contributed by atoms with Crippen LogP contribution in [0.25, 0.3) is 0 Å². The largest absolute Gasteiger partial charge is 0.423 e. The summed E-state index contributed by atoms with van der Waals surface area (Å²) < 4.78 is 5.03. The number of carbonyl (C=O) groups excluding carboxylic acids is 1. The van der Waals surface area contributed by atoms with Gasteiger partial charge in [0.2, 0.25) is 0 Å². The van der Waals surface area contributed by atoms with Gasteiger partial charge < -0.3 is 4.74 Å². The summed E-state index contributed by atoms with van der Waals surface area (Å²) in [5.74, 6) is 0.480. The lowest BCUT2D eigenvalue weighted by Crippen LogP contribution is -2.10. The number of benzene rings is 1. The number of halogens is 1. The van der Waals surface area contributed by atoms with Crippen LogP contribution in [0.5, 0.6) is 5.75 Å². The van der Waals surface area contributed by atoms with Crippen LogP contribution in [-0.2, 0) is 4.79 Å². The zero-order valence-corrected chi connectivity index (χ0v) is 8.46. The minimum Gasteiger partial charge on any atom is -0.423 e. The van der Waals surface area contributed by atoms with Crippen LogP contribution < -0.4 is 4.74 Å². The van der Waals surface area contributed by atoms with Gasteiger partial charge in [-0.15, -0.1) is 11.6 Å². The molecule has 0 atom stereocenters. The maximum absolute atomic E-state index is 11.3. The SMILES string of the molecule is C=C(CCCl)C(=O)Oc1ccccc1. The van der Waals surface area contributed by atoms with Gasteiger partial charge >= 0.3 is 5.97 Å². The molecule has 14 heavy (non-hydrogen) atoms. The summed E-state index contributed by atoms with van der Waals surface area (Å²) in [5.41, 5.74) is 0.392. The number of hydrogen-bond donors (Lipinski definition) is 0. The topological polar surface area (TPSA) is 26.3 Å². The Balaban J connectivity index is 2.53. The highest BCUT2D eigenvalue weighted by Crippen LogP contribution is 2.11. The van der Waals surface area contributed by atoms with Crippen molar-refractivity contribution in [3.8, 4) is 5.75 Å². The molecule has 0 saturated carbocycles. The highest BCUT2D eigenvalue weighted by Gasteiger charge is 2.08. The zero-order chi connectivity index (χ0) is 10.4. The Hall–Kier alpha value is -1.28. The van der Waals surface area contributed by atoms with Crippen molar-refractivity contribution in [2.75, 3.05) is 5.88 Å². The van der Waals surface area contributed by atoms with Gasteiger partial charge in [-0.25, -0.2) is 4.79 Å². The Morgan fingerprint density at radius 3 is 2.57 bits per heavy atom. The van der Waals surface area contributed by atoms with Gasteiger partial charge in [-0.05, 0) is 18.6 Å². The van der Waals surface area contributed by atoms with E-state index in [1.807, 2.05) is 6.07 Å². The number of rotatable bonds is 4. The van der Waals surface area contributed by atoms with Gasteiger partial charge in [0.05, 0.1) is 0 Å². The molecular weight excluding hydrogens is 200 g/mol. The second-order valence-electron chi connectivity index (χ2n) is 2.75. The van der Waals surface area contributed by atoms with Crippen molar-refractivity contribution in [2.45, 2.75) is 6.42 Å². The molecule has 1 aromatic carbocycles. The Bertz CT molecular complexity index is 319. The molecule has 0 bridgehead atoms. The first-order valence-corrected chi connectivity index (χ1v) is 4.78. The van der Waals surface area contributed by atoms with Crippen LogP contribution in [0.1, 0.15) is 6.42 Å². The van der Waals surface area contributed by atoms with Crippen molar-refractivity contribution >= 4 is 17.6 Å². The molecule has 1 aromatic rings. The molecule has 0 aliphatic rings. The molecule has 0 amide bonds. The van der Waals surface area contributed by atoms with E-state index in [0.717, 1.165) is 0 Å². The van der Waals surface area contributed by atoms with Gasteiger partial charge in [0.25, 0.3) is 0 Å². The van der Waals surface area contributed by atoms with E-state index < -0.39 is 5.97 Å². The monoisotopic (exact) mass is 210 g/mol. The first kappa shape index (κ1) is 10.8. The Morgan fingerprint density at radius 1 is 1.36 bits per heavy atom. The molecular formula is C11H11ClO2. The zero-order valence-electron chi connectivity index (χ0n) is 7.70. The van der Waals surface area contributed by atoms with Crippen LogP contribution in [0, 0.1) is 0 Å². The third-order valence-corrected chi connectivity index (χ3v) is 1.83. The molecule has 0 aliphatic heterocycles. The Kier molecular flexibility index (Phi) is 4.20. The lowest BCUT2D eigenvalue weighted by Gasteiger charge is -2.04. The fourth-order valence-corrected chi connectivity index (χ4v) is 1.11. The number of carbonyl (C=O) groups is 1. The molecule has 3 heteroatoms. The van der Waals surface area contributed by atoms with E-state index in [1.165, 1.54) is 0 Å². The second kappa shape index (κ2) is 5.45. The van der Waals surface area contributed by atoms with Crippen LogP contribution in [-0.4, -0.2) is 11.8 Å². The maximum Gasteiger partial charge on any atom is 0.338 e. The van der Waals surface area contributed by atoms with Crippen molar-refractivity contribution in [1.82, 2.24) is 0 Å². The van der Waals surface area contributed by atoms with Crippen LogP contribution in [0.2, 0.25) is 0 Å². The molecule has 0 heterocycles. The van der Waals surface area contributed by atoms with Crippen molar-refractivity contribution in [1.29, 1.82) is 0 Å². The standard InChI is InChI=1S/C11H11ClO2/c1-9(7-8-12)11(13)14-10-5-3-2-4-6-10/h2-6H,1,7-8H2. The van der Waals surface area contributed by atoms with Gasteiger partial charge in [0, 0.05) is 11.5 Å². The van der Waals surface area contributed by atoms with Crippen LogP contribution in [0.15, 0.2) is 42.5 Å². The van der Waals surface area contributed by atoms with Crippen molar-refractivity contribution in [3.63, 3.8) is 0 Å². The van der Waals surface area contributed by atoms with Crippen LogP contribution >= 0.6 is 11.6 Å². The van der Waals surface area contributed by atoms with E-state index in [2.05, 4.69) is 6.58 Å². The van der Waals surface area contributed by atoms with Gasteiger partial charge in [-0.3, -0.25) is 0 Å². The summed E-state index contributed by atoms with van der Waals surface area (Å²) in [6.07, 6.45) is 0.452. The van der Waals surface area contributed by atoms with E-state index in [1.54, 1.807) is 24.3 Å². The smallest absolute Gasteiger partial charge is 0.338 e. The van der Waals surface area contributed by atoms with Gasteiger partial charge in [-0.2, -0.15) is 0 Å². The van der Waals surface area contributed by atoms with Gasteiger partial charge in [0.1, 0.15) is 5.75 Å². The summed E-state index contributed by atoms with van der Waals surface area (Å²) in [6.45, 7) is 3.58. The van der Waals surface area contributed by atoms with Gasteiger partial charge in [0.15, 0.2) is 0 Å².